The molecule has 0 aromatic heterocycles. The first kappa shape index (κ1) is 9.42. The number of aryl methyl sites for hydroxylation is 1. The molecular weight excluding hydrogens is 173 g/mol. The van der Waals surface area contributed by atoms with Gasteiger partial charge in [0, 0.05) is 0 Å². The molecule has 0 aliphatic rings. The Morgan fingerprint density at radius 2 is 2.23 bits per heavy atom. The Bertz CT molecular complexity index is 370. The Kier molecular flexibility index (Phi) is 2.77. The number of isocyanates is 1. The maximum absolute atomic E-state index is 13.3. The lowest BCUT2D eigenvalue weighted by molar-refractivity contribution is 0.412. The molecule has 0 fully saturated rings. The number of methoxy groups -OCH3 is 1. The molecule has 1 aromatic rings. The fourth-order valence-corrected chi connectivity index (χ4v) is 0.962. The highest BCUT2D eigenvalue weighted by Crippen LogP contribution is 2.31. The first-order valence-electron chi connectivity index (χ1n) is 3.61. The molecule has 0 radical (unpaired) electrons. The van der Waals surface area contributed by atoms with E-state index in [0.717, 1.165) is 0 Å². The van der Waals surface area contributed by atoms with Crippen molar-refractivity contribution in [1.82, 2.24) is 0 Å². The Hall–Kier alpha value is -1.67. The van der Waals surface area contributed by atoms with Crippen LogP contribution in [0.4, 0.5) is 10.1 Å². The van der Waals surface area contributed by atoms with E-state index in [4.69, 9.17) is 4.74 Å². The average molecular weight is 181 g/mol. The summed E-state index contributed by atoms with van der Waals surface area (Å²) in [6.45, 7) is 1.58. The minimum atomic E-state index is -0.553. The van der Waals surface area contributed by atoms with Crippen LogP contribution >= 0.6 is 0 Å². The zero-order valence-corrected chi connectivity index (χ0v) is 7.30. The minimum Gasteiger partial charge on any atom is -0.494 e. The van der Waals surface area contributed by atoms with Crippen LogP contribution in [0.5, 0.6) is 5.75 Å². The molecule has 0 bridgehead atoms. The molecule has 0 spiro atoms. The SMILES string of the molecule is COc1ccc(C)c(F)c1N=C=O. The molecule has 13 heavy (non-hydrogen) atoms. The third-order valence-electron chi connectivity index (χ3n) is 1.65. The third kappa shape index (κ3) is 1.73. The van der Waals surface area contributed by atoms with Crippen molar-refractivity contribution in [2.45, 2.75) is 6.92 Å². The highest BCUT2D eigenvalue weighted by atomic mass is 19.1. The van der Waals surface area contributed by atoms with E-state index in [1.807, 2.05) is 0 Å². The van der Waals surface area contributed by atoms with Gasteiger partial charge in [-0.05, 0) is 18.6 Å². The first-order valence-corrected chi connectivity index (χ1v) is 3.61. The fourth-order valence-electron chi connectivity index (χ4n) is 0.962. The molecule has 0 aliphatic heterocycles. The number of halogens is 1. The van der Waals surface area contributed by atoms with Crippen LogP contribution in [-0.2, 0) is 4.79 Å². The molecular formula is C9H8FNO2. The molecule has 0 saturated carbocycles. The summed E-state index contributed by atoms with van der Waals surface area (Å²) in [5.41, 5.74) is 0.312. The second-order valence-corrected chi connectivity index (χ2v) is 2.45. The van der Waals surface area contributed by atoms with Crippen molar-refractivity contribution in [3.8, 4) is 5.75 Å². The van der Waals surface area contributed by atoms with Gasteiger partial charge in [-0.25, -0.2) is 9.18 Å². The number of rotatable bonds is 2. The number of aliphatic imine (C=N–C) groups is 1. The molecule has 3 nitrogen and oxygen atoms in total. The summed E-state index contributed by atoms with van der Waals surface area (Å²) in [4.78, 5) is 13.2. The Balaban J connectivity index is 3.40. The first-order chi connectivity index (χ1) is 6.20. The summed E-state index contributed by atoms with van der Waals surface area (Å²) in [5, 5.41) is 0. The van der Waals surface area contributed by atoms with Crippen LogP contribution in [0.3, 0.4) is 0 Å². The normalized spacial score (nSPS) is 9.15. The van der Waals surface area contributed by atoms with Gasteiger partial charge in [-0.3, -0.25) is 0 Å². The number of ether oxygens (including phenoxy) is 1. The molecule has 1 rings (SSSR count). The summed E-state index contributed by atoms with van der Waals surface area (Å²) < 4.78 is 18.1. The molecule has 68 valence electrons. The summed E-state index contributed by atoms with van der Waals surface area (Å²) in [7, 11) is 1.38. The van der Waals surface area contributed by atoms with E-state index in [1.54, 1.807) is 19.1 Å². The smallest absolute Gasteiger partial charge is 0.240 e. The summed E-state index contributed by atoms with van der Waals surface area (Å²) in [5.74, 6) is -0.325. The van der Waals surface area contributed by atoms with Crippen molar-refractivity contribution >= 4 is 11.8 Å². The number of benzene rings is 1. The molecule has 4 heteroatoms. The van der Waals surface area contributed by atoms with E-state index < -0.39 is 5.82 Å². The minimum absolute atomic E-state index is 0.0995. The van der Waals surface area contributed by atoms with Crippen molar-refractivity contribution in [2.24, 2.45) is 4.99 Å². The summed E-state index contributed by atoms with van der Waals surface area (Å²) in [6, 6.07) is 3.10. The summed E-state index contributed by atoms with van der Waals surface area (Å²) in [6.07, 6.45) is 1.28. The Labute approximate surface area is 74.9 Å². The predicted octanol–water partition coefficient (Wildman–Crippen LogP) is 2.11. The zero-order valence-electron chi connectivity index (χ0n) is 7.30. The van der Waals surface area contributed by atoms with Gasteiger partial charge in [-0.1, -0.05) is 6.07 Å². The van der Waals surface area contributed by atoms with E-state index in [2.05, 4.69) is 4.99 Å². The Morgan fingerprint density at radius 1 is 1.54 bits per heavy atom. The predicted molar refractivity (Wildman–Crippen MR) is 45.5 cm³/mol. The van der Waals surface area contributed by atoms with Crippen LogP contribution in [-0.4, -0.2) is 13.2 Å². The number of carbonyl (C=O) groups excluding carboxylic acids is 1. The molecule has 0 atom stereocenters. The van der Waals surface area contributed by atoms with Crippen LogP contribution in [0.1, 0.15) is 5.56 Å². The molecule has 1 aromatic carbocycles. The average Bonchev–Trinajstić information content (AvgIpc) is 2.14. The van der Waals surface area contributed by atoms with Gasteiger partial charge in [-0.2, -0.15) is 4.99 Å². The van der Waals surface area contributed by atoms with Gasteiger partial charge in [0.2, 0.25) is 6.08 Å². The second kappa shape index (κ2) is 3.83. The lowest BCUT2D eigenvalue weighted by atomic mass is 10.2. The fraction of sp³-hybridized carbons (Fsp3) is 0.222. The van der Waals surface area contributed by atoms with Crippen LogP contribution in [0, 0.1) is 12.7 Å². The van der Waals surface area contributed by atoms with Crippen molar-refractivity contribution in [3.05, 3.63) is 23.5 Å². The van der Waals surface area contributed by atoms with E-state index in [9.17, 15) is 9.18 Å². The summed E-state index contributed by atoms with van der Waals surface area (Å²) >= 11 is 0. The standard InChI is InChI=1S/C9H8FNO2/c1-6-3-4-7(13-2)9(8(6)10)11-5-12/h3-4H,1-2H3. The molecule has 0 unspecified atom stereocenters. The molecule has 0 N–H and O–H groups in total. The van der Waals surface area contributed by atoms with Crippen molar-refractivity contribution in [2.75, 3.05) is 7.11 Å². The number of hydrogen-bond acceptors (Lipinski definition) is 3. The zero-order chi connectivity index (χ0) is 9.84. The van der Waals surface area contributed by atoms with E-state index >= 15 is 0 Å². The van der Waals surface area contributed by atoms with E-state index in [1.165, 1.54) is 13.2 Å². The monoisotopic (exact) mass is 181 g/mol. The second-order valence-electron chi connectivity index (χ2n) is 2.45. The van der Waals surface area contributed by atoms with E-state index in [-0.39, 0.29) is 11.4 Å². The van der Waals surface area contributed by atoms with Gasteiger partial charge in [0.25, 0.3) is 0 Å². The molecule has 0 amide bonds. The molecule has 0 heterocycles. The lowest BCUT2D eigenvalue weighted by Gasteiger charge is -2.05. The van der Waals surface area contributed by atoms with E-state index in [0.29, 0.717) is 5.56 Å². The number of hydrogen-bond donors (Lipinski definition) is 0. The van der Waals surface area contributed by atoms with Gasteiger partial charge >= 0.3 is 0 Å². The van der Waals surface area contributed by atoms with Crippen LogP contribution < -0.4 is 4.74 Å². The van der Waals surface area contributed by atoms with Crippen molar-refractivity contribution < 1.29 is 13.9 Å². The van der Waals surface area contributed by atoms with Gasteiger partial charge in [0.15, 0.2) is 11.5 Å². The maximum atomic E-state index is 13.3. The highest BCUT2D eigenvalue weighted by Gasteiger charge is 2.10. The van der Waals surface area contributed by atoms with Crippen molar-refractivity contribution in [1.29, 1.82) is 0 Å². The van der Waals surface area contributed by atoms with Gasteiger partial charge in [0.1, 0.15) is 5.75 Å². The number of nitrogens with zero attached hydrogens (tertiary/aromatic N) is 1. The topological polar surface area (TPSA) is 38.7 Å². The van der Waals surface area contributed by atoms with Crippen LogP contribution in [0.15, 0.2) is 17.1 Å². The van der Waals surface area contributed by atoms with Crippen molar-refractivity contribution in [3.63, 3.8) is 0 Å². The highest BCUT2D eigenvalue weighted by molar-refractivity contribution is 5.59. The molecule has 0 aliphatic carbocycles. The Morgan fingerprint density at radius 3 is 2.77 bits per heavy atom. The third-order valence-corrected chi connectivity index (χ3v) is 1.65. The van der Waals surface area contributed by atoms with Gasteiger partial charge < -0.3 is 4.74 Å². The molecule has 0 saturated heterocycles. The maximum Gasteiger partial charge on any atom is 0.240 e. The van der Waals surface area contributed by atoms with Crippen LogP contribution in [0.25, 0.3) is 0 Å². The van der Waals surface area contributed by atoms with Crippen LogP contribution in [0.2, 0.25) is 0 Å². The lowest BCUT2D eigenvalue weighted by Crippen LogP contribution is -1.89. The van der Waals surface area contributed by atoms with Gasteiger partial charge in [-0.15, -0.1) is 0 Å². The van der Waals surface area contributed by atoms with Gasteiger partial charge in [0.05, 0.1) is 7.11 Å². The largest absolute Gasteiger partial charge is 0.494 e. The quantitative estimate of drug-likeness (QED) is 0.517.